The van der Waals surface area contributed by atoms with E-state index < -0.39 is 0 Å². The Bertz CT molecular complexity index is 727. The monoisotopic (exact) mass is 658 g/mol. The van der Waals surface area contributed by atoms with Crippen LogP contribution in [0.1, 0.15) is 199 Å². The van der Waals surface area contributed by atoms with Crippen LogP contribution in [0, 0.1) is 0 Å². The molecule has 0 atom stereocenters. The Morgan fingerprint density at radius 3 is 1.07 bits per heavy atom. The molecular formula is C44H80ClN. The van der Waals surface area contributed by atoms with Crippen molar-refractivity contribution in [3.05, 3.63) is 60.2 Å². The maximum atomic E-state index is 2.53. The van der Waals surface area contributed by atoms with E-state index in [0.717, 1.165) is 0 Å². The van der Waals surface area contributed by atoms with Crippen LogP contribution >= 0.6 is 0 Å². The van der Waals surface area contributed by atoms with Crippen molar-refractivity contribution < 1.29 is 16.9 Å². The molecule has 0 aromatic heterocycles. The lowest BCUT2D eigenvalue weighted by Crippen LogP contribution is -3.00. The van der Waals surface area contributed by atoms with Crippen LogP contribution < -0.4 is 12.4 Å². The molecule has 0 saturated carbocycles. The van der Waals surface area contributed by atoms with E-state index in [1.165, 1.54) is 209 Å². The Kier molecular flexibility index (Phi) is 34.5. The van der Waals surface area contributed by atoms with Gasteiger partial charge in [0.2, 0.25) is 0 Å². The fourth-order valence-electron chi connectivity index (χ4n) is 6.78. The lowest BCUT2D eigenvalue weighted by Gasteiger charge is -2.35. The van der Waals surface area contributed by atoms with E-state index in [1.54, 1.807) is 0 Å². The van der Waals surface area contributed by atoms with Gasteiger partial charge in [-0.1, -0.05) is 171 Å². The minimum absolute atomic E-state index is 0. The predicted octanol–water partition coefficient (Wildman–Crippen LogP) is 11.7. The molecule has 0 heterocycles. The van der Waals surface area contributed by atoms with Crippen molar-refractivity contribution in [2.24, 2.45) is 0 Å². The van der Waals surface area contributed by atoms with Crippen LogP contribution in [0.3, 0.4) is 0 Å². The third-order valence-electron chi connectivity index (χ3n) is 9.83. The average Bonchev–Trinajstić information content (AvgIpc) is 3.05. The highest BCUT2D eigenvalue weighted by molar-refractivity contribution is 5.13. The molecule has 0 unspecified atom stereocenters. The molecule has 0 radical (unpaired) electrons. The molecule has 1 nitrogen and oxygen atoms in total. The molecule has 0 fully saturated rings. The van der Waals surface area contributed by atoms with Gasteiger partial charge in [0.25, 0.3) is 0 Å². The Balaban J connectivity index is 0.0000202. The first kappa shape index (κ1) is 45.0. The number of nitrogens with zero attached hydrogens (tertiary/aromatic N) is 1. The van der Waals surface area contributed by atoms with Gasteiger partial charge in [-0.25, -0.2) is 0 Å². The van der Waals surface area contributed by atoms with Crippen LogP contribution in [-0.4, -0.2) is 24.6 Å². The summed E-state index contributed by atoms with van der Waals surface area (Å²) in [4.78, 5) is 0. The first-order valence-corrected chi connectivity index (χ1v) is 20.4. The Hall–Kier alpha value is -1.05. The van der Waals surface area contributed by atoms with Crippen LogP contribution in [-0.2, 0) is 6.54 Å². The normalized spacial score (nSPS) is 13.0. The van der Waals surface area contributed by atoms with Gasteiger partial charge in [0.1, 0.15) is 6.54 Å². The van der Waals surface area contributed by atoms with Gasteiger partial charge in [-0.05, 0) is 77.0 Å². The van der Waals surface area contributed by atoms with Gasteiger partial charge in [0, 0.05) is 5.56 Å². The number of quaternary nitrogens is 1. The molecule has 0 aliphatic heterocycles. The first-order chi connectivity index (χ1) is 22.2. The molecule has 1 aromatic rings. The van der Waals surface area contributed by atoms with E-state index in [-0.39, 0.29) is 12.4 Å². The van der Waals surface area contributed by atoms with Crippen molar-refractivity contribution in [1.82, 2.24) is 0 Å². The number of halogens is 1. The number of unbranched alkanes of at least 4 members (excludes halogenated alkanes) is 24. The summed E-state index contributed by atoms with van der Waals surface area (Å²) in [6, 6.07) is 11.3. The van der Waals surface area contributed by atoms with E-state index >= 15 is 0 Å². The molecule has 0 spiro atoms. The molecule has 0 bridgehead atoms. The van der Waals surface area contributed by atoms with Crippen LogP contribution in [0.4, 0.5) is 0 Å². The second-order valence-corrected chi connectivity index (χ2v) is 14.6. The summed E-state index contributed by atoms with van der Waals surface area (Å²) >= 11 is 0. The quantitative estimate of drug-likeness (QED) is 0.0393. The van der Waals surface area contributed by atoms with Crippen molar-refractivity contribution >= 4 is 0 Å². The van der Waals surface area contributed by atoms with E-state index in [0.29, 0.717) is 0 Å². The Morgan fingerprint density at radius 1 is 0.413 bits per heavy atom. The van der Waals surface area contributed by atoms with Crippen molar-refractivity contribution in [3.63, 3.8) is 0 Å². The van der Waals surface area contributed by atoms with Gasteiger partial charge in [-0.3, -0.25) is 0 Å². The third kappa shape index (κ3) is 30.3. The fourth-order valence-corrected chi connectivity index (χ4v) is 6.78. The second kappa shape index (κ2) is 35.3. The van der Waals surface area contributed by atoms with Crippen LogP contribution in [0.2, 0.25) is 0 Å². The molecule has 0 aliphatic carbocycles. The minimum atomic E-state index is 0. The summed E-state index contributed by atoms with van der Waals surface area (Å²) in [5.74, 6) is 0. The SMILES string of the molecule is CCCCCCCCC=CCCCCCCCC[N+](C)(CCCCCCCCC=CCCCCCCCC)Cc1ccccc1.[Cl-]. The summed E-state index contributed by atoms with van der Waals surface area (Å²) < 4.78 is 1.22. The van der Waals surface area contributed by atoms with Crippen LogP contribution in [0.25, 0.3) is 0 Å². The predicted molar refractivity (Wildman–Crippen MR) is 205 cm³/mol. The molecule has 0 aliphatic rings. The number of hydrogen-bond acceptors (Lipinski definition) is 0. The zero-order valence-corrected chi connectivity index (χ0v) is 32.2. The first-order valence-electron chi connectivity index (χ1n) is 20.4. The Labute approximate surface area is 296 Å². The maximum absolute atomic E-state index is 2.53. The smallest absolute Gasteiger partial charge is 0.104 e. The third-order valence-corrected chi connectivity index (χ3v) is 9.83. The molecule has 46 heavy (non-hydrogen) atoms. The van der Waals surface area contributed by atoms with Crippen molar-refractivity contribution in [3.8, 4) is 0 Å². The molecule has 2 heteroatoms. The standard InChI is InChI=1S/C44H80N.ClH/c1-4-6-8-10-12-14-16-18-20-22-24-26-28-30-32-37-41-45(3,43-44-39-35-34-36-40-44)42-38-33-31-29-27-25-23-21-19-17-15-13-11-9-7-5-2;/h18-21,34-36,39-40H,4-17,22-33,37-38,41-43H2,1-3H3;1H/q+1;/p-1. The summed E-state index contributed by atoms with van der Waals surface area (Å²) in [7, 11) is 2.53. The topological polar surface area (TPSA) is 0 Å². The lowest BCUT2D eigenvalue weighted by atomic mass is 10.1. The van der Waals surface area contributed by atoms with E-state index in [4.69, 9.17) is 0 Å². The van der Waals surface area contributed by atoms with Gasteiger partial charge in [0.15, 0.2) is 0 Å². The summed E-state index contributed by atoms with van der Waals surface area (Å²) in [5.41, 5.74) is 1.51. The zero-order valence-electron chi connectivity index (χ0n) is 31.4. The van der Waals surface area contributed by atoms with Crippen molar-refractivity contribution in [1.29, 1.82) is 0 Å². The highest BCUT2D eigenvalue weighted by Gasteiger charge is 2.21. The molecule has 0 saturated heterocycles. The minimum Gasteiger partial charge on any atom is -1.00 e. The molecule has 0 N–H and O–H groups in total. The molecular weight excluding hydrogens is 578 g/mol. The number of hydrogen-bond donors (Lipinski definition) is 0. The zero-order chi connectivity index (χ0) is 32.4. The molecule has 1 aromatic carbocycles. The highest BCUT2D eigenvalue weighted by atomic mass is 35.5. The van der Waals surface area contributed by atoms with Crippen LogP contribution in [0.15, 0.2) is 54.6 Å². The van der Waals surface area contributed by atoms with E-state index in [2.05, 4.69) is 75.5 Å². The van der Waals surface area contributed by atoms with Crippen molar-refractivity contribution in [2.75, 3.05) is 20.1 Å². The van der Waals surface area contributed by atoms with E-state index in [1.807, 2.05) is 0 Å². The Morgan fingerprint density at radius 2 is 0.717 bits per heavy atom. The van der Waals surface area contributed by atoms with E-state index in [9.17, 15) is 0 Å². The van der Waals surface area contributed by atoms with Gasteiger partial charge < -0.3 is 16.9 Å². The molecule has 268 valence electrons. The van der Waals surface area contributed by atoms with Gasteiger partial charge in [-0.15, -0.1) is 0 Å². The number of rotatable bonds is 34. The van der Waals surface area contributed by atoms with Gasteiger partial charge >= 0.3 is 0 Å². The fraction of sp³-hybridized carbons (Fsp3) is 0.773. The summed E-state index contributed by atoms with van der Waals surface area (Å²) in [6.07, 6.45) is 48.7. The summed E-state index contributed by atoms with van der Waals surface area (Å²) in [6.45, 7) is 8.46. The lowest BCUT2D eigenvalue weighted by molar-refractivity contribution is -0.923. The van der Waals surface area contributed by atoms with Gasteiger partial charge in [0.05, 0.1) is 20.1 Å². The van der Waals surface area contributed by atoms with Crippen LogP contribution in [0.5, 0.6) is 0 Å². The molecule has 1 rings (SSSR count). The largest absolute Gasteiger partial charge is 1.00 e. The van der Waals surface area contributed by atoms with Gasteiger partial charge in [-0.2, -0.15) is 0 Å². The maximum Gasteiger partial charge on any atom is 0.104 e. The number of benzene rings is 1. The highest BCUT2D eigenvalue weighted by Crippen LogP contribution is 2.18. The second-order valence-electron chi connectivity index (χ2n) is 14.6. The summed E-state index contributed by atoms with van der Waals surface area (Å²) in [5, 5.41) is 0. The van der Waals surface area contributed by atoms with Crippen molar-refractivity contribution in [2.45, 2.75) is 200 Å². The number of allylic oxidation sites excluding steroid dienone is 4. The average molecular weight is 659 g/mol. The molecule has 0 amide bonds.